The van der Waals surface area contributed by atoms with E-state index in [4.69, 9.17) is 9.15 Å². The topological polar surface area (TPSA) is 56.5 Å². The molecule has 4 nitrogen and oxygen atoms in total. The lowest BCUT2D eigenvalue weighted by Gasteiger charge is -2.10. The first kappa shape index (κ1) is 17.7. The molecule has 3 aromatic carbocycles. The molecule has 4 heteroatoms. The Morgan fingerprint density at radius 1 is 0.821 bits per heavy atom. The van der Waals surface area contributed by atoms with Crippen LogP contribution < -0.4 is 10.2 Å². The average molecular weight is 370 g/mol. The summed E-state index contributed by atoms with van der Waals surface area (Å²) in [6.45, 7) is 0. The zero-order valence-electron chi connectivity index (χ0n) is 15.1. The fourth-order valence-corrected chi connectivity index (χ4v) is 3.05. The van der Waals surface area contributed by atoms with Crippen molar-refractivity contribution in [3.8, 4) is 17.1 Å². The van der Waals surface area contributed by atoms with Gasteiger partial charge < -0.3 is 9.15 Å². The second-order valence-electron chi connectivity index (χ2n) is 6.41. The highest BCUT2D eigenvalue weighted by Crippen LogP contribution is 2.30. The molecule has 0 aliphatic carbocycles. The molecule has 0 atom stereocenters. The Labute approximate surface area is 162 Å². The van der Waals surface area contributed by atoms with Gasteiger partial charge in [0.05, 0.1) is 5.39 Å². The maximum atomic E-state index is 13.0. The summed E-state index contributed by atoms with van der Waals surface area (Å²) in [5.74, 6) is -0.274. The summed E-state index contributed by atoms with van der Waals surface area (Å²) in [4.78, 5) is 25.4. The number of ether oxygens (including phenoxy) is 1. The largest absolute Gasteiger partial charge is 0.452 e. The quantitative estimate of drug-likeness (QED) is 0.464. The summed E-state index contributed by atoms with van der Waals surface area (Å²) in [7, 11) is 0. The summed E-state index contributed by atoms with van der Waals surface area (Å²) >= 11 is 0. The maximum absolute atomic E-state index is 13.0. The molecule has 0 radical (unpaired) electrons. The van der Waals surface area contributed by atoms with Crippen LogP contribution in [0.2, 0.25) is 0 Å². The van der Waals surface area contributed by atoms with Crippen molar-refractivity contribution in [1.82, 2.24) is 0 Å². The van der Waals surface area contributed by atoms with Gasteiger partial charge in [0, 0.05) is 12.0 Å². The van der Waals surface area contributed by atoms with Crippen LogP contribution in [0.15, 0.2) is 94.1 Å². The molecule has 0 bridgehead atoms. The first-order chi connectivity index (χ1) is 13.7. The van der Waals surface area contributed by atoms with E-state index in [1.54, 1.807) is 24.3 Å². The van der Waals surface area contributed by atoms with Crippen LogP contribution in [0.25, 0.3) is 22.3 Å². The zero-order valence-corrected chi connectivity index (χ0v) is 15.1. The van der Waals surface area contributed by atoms with Gasteiger partial charge >= 0.3 is 5.97 Å². The van der Waals surface area contributed by atoms with E-state index in [9.17, 15) is 9.59 Å². The van der Waals surface area contributed by atoms with E-state index < -0.39 is 5.97 Å². The van der Waals surface area contributed by atoms with Gasteiger partial charge in [-0.25, -0.2) is 0 Å². The first-order valence-corrected chi connectivity index (χ1v) is 9.08. The molecule has 0 spiro atoms. The molecule has 4 aromatic rings. The summed E-state index contributed by atoms with van der Waals surface area (Å²) in [5.41, 5.74) is 1.81. The molecule has 138 valence electrons. The molecule has 0 saturated carbocycles. The van der Waals surface area contributed by atoms with Crippen LogP contribution in [0.1, 0.15) is 12.0 Å². The summed E-state index contributed by atoms with van der Waals surface area (Å²) in [6, 6.07) is 25.8. The van der Waals surface area contributed by atoms with Crippen LogP contribution in [0.5, 0.6) is 5.75 Å². The Bertz CT molecular complexity index is 1160. The minimum atomic E-state index is -0.469. The van der Waals surface area contributed by atoms with Crippen molar-refractivity contribution in [2.75, 3.05) is 0 Å². The predicted molar refractivity (Wildman–Crippen MR) is 108 cm³/mol. The highest BCUT2D eigenvalue weighted by atomic mass is 16.5. The van der Waals surface area contributed by atoms with Gasteiger partial charge in [0.15, 0.2) is 5.76 Å². The van der Waals surface area contributed by atoms with E-state index in [2.05, 4.69) is 0 Å². The van der Waals surface area contributed by atoms with Gasteiger partial charge in [-0.05, 0) is 24.1 Å². The van der Waals surface area contributed by atoms with Crippen molar-refractivity contribution in [1.29, 1.82) is 0 Å². The van der Waals surface area contributed by atoms with E-state index in [-0.39, 0.29) is 23.4 Å². The van der Waals surface area contributed by atoms with Crippen molar-refractivity contribution < 1.29 is 13.9 Å². The molecule has 0 unspecified atom stereocenters. The van der Waals surface area contributed by atoms with E-state index in [1.165, 1.54) is 0 Å². The Morgan fingerprint density at radius 3 is 2.21 bits per heavy atom. The third-order valence-electron chi connectivity index (χ3n) is 4.47. The number of fused-ring (bicyclic) bond motifs is 1. The van der Waals surface area contributed by atoms with Gasteiger partial charge in [0.2, 0.25) is 11.2 Å². The molecule has 0 fully saturated rings. The summed E-state index contributed by atoms with van der Waals surface area (Å²) in [5, 5.41) is 0.382. The molecule has 4 rings (SSSR count). The summed E-state index contributed by atoms with van der Waals surface area (Å²) < 4.78 is 11.5. The molecule has 28 heavy (non-hydrogen) atoms. The van der Waals surface area contributed by atoms with E-state index in [0.29, 0.717) is 23.0 Å². The number of esters is 1. The van der Waals surface area contributed by atoms with E-state index in [0.717, 1.165) is 5.56 Å². The minimum Gasteiger partial charge on any atom is -0.452 e. The zero-order chi connectivity index (χ0) is 19.3. The van der Waals surface area contributed by atoms with E-state index >= 15 is 0 Å². The van der Waals surface area contributed by atoms with Gasteiger partial charge in [-0.2, -0.15) is 0 Å². The van der Waals surface area contributed by atoms with Gasteiger partial charge in [-0.3, -0.25) is 9.59 Å². The number of para-hydroxylation sites is 1. The smallest absolute Gasteiger partial charge is 0.311 e. The molecule has 0 amide bonds. The van der Waals surface area contributed by atoms with Crippen molar-refractivity contribution in [3.05, 3.63) is 101 Å². The highest BCUT2D eigenvalue weighted by Gasteiger charge is 2.20. The normalized spacial score (nSPS) is 10.7. The Hall–Kier alpha value is -3.66. The lowest BCUT2D eigenvalue weighted by molar-refractivity contribution is -0.134. The minimum absolute atomic E-state index is 0.0667. The molecular weight excluding hydrogens is 352 g/mol. The lowest BCUT2D eigenvalue weighted by atomic mass is 10.1. The molecular formula is C24H18O4. The van der Waals surface area contributed by atoms with E-state index in [1.807, 2.05) is 60.7 Å². The second kappa shape index (κ2) is 7.92. The maximum Gasteiger partial charge on any atom is 0.311 e. The number of benzene rings is 3. The Morgan fingerprint density at radius 2 is 1.46 bits per heavy atom. The number of carbonyl (C=O) groups excluding carboxylic acids is 1. The van der Waals surface area contributed by atoms with Gasteiger partial charge in [0.1, 0.15) is 5.58 Å². The van der Waals surface area contributed by atoms with Crippen molar-refractivity contribution >= 4 is 16.9 Å². The lowest BCUT2D eigenvalue weighted by Crippen LogP contribution is -2.16. The first-order valence-electron chi connectivity index (χ1n) is 9.08. The standard InChI is InChI=1S/C24H18O4/c25-21(16-15-17-9-3-1-4-10-17)28-24-22(26)19-13-7-8-14-20(19)27-23(24)18-11-5-2-6-12-18/h1-14H,15-16H2. The number of hydrogen-bond acceptors (Lipinski definition) is 4. The monoisotopic (exact) mass is 370 g/mol. The van der Waals surface area contributed by atoms with Crippen molar-refractivity contribution in [3.63, 3.8) is 0 Å². The molecule has 0 aliphatic heterocycles. The molecule has 0 aliphatic rings. The SMILES string of the molecule is O=C(CCc1ccccc1)Oc1c(-c2ccccc2)oc2ccccc2c1=O. The van der Waals surface area contributed by atoms with Crippen LogP contribution in [0, 0.1) is 0 Å². The summed E-state index contributed by atoms with van der Waals surface area (Å²) in [6.07, 6.45) is 0.712. The van der Waals surface area contributed by atoms with Gasteiger partial charge in [0.25, 0.3) is 0 Å². The fourth-order valence-electron chi connectivity index (χ4n) is 3.05. The fraction of sp³-hybridized carbons (Fsp3) is 0.0833. The van der Waals surface area contributed by atoms with Crippen LogP contribution in [-0.4, -0.2) is 5.97 Å². The van der Waals surface area contributed by atoms with Crippen LogP contribution in [0.3, 0.4) is 0 Å². The van der Waals surface area contributed by atoms with Crippen molar-refractivity contribution in [2.24, 2.45) is 0 Å². The predicted octanol–water partition coefficient (Wildman–Crippen LogP) is 5.00. The van der Waals surface area contributed by atoms with Crippen LogP contribution >= 0.6 is 0 Å². The number of aryl methyl sites for hydroxylation is 1. The Kier molecular flexibility index (Phi) is 5.02. The third-order valence-corrected chi connectivity index (χ3v) is 4.47. The van der Waals surface area contributed by atoms with Crippen LogP contribution in [-0.2, 0) is 11.2 Å². The molecule has 0 saturated heterocycles. The second-order valence-corrected chi connectivity index (χ2v) is 6.41. The van der Waals surface area contributed by atoms with Gasteiger partial charge in [-0.1, -0.05) is 72.8 Å². The molecule has 1 heterocycles. The number of carbonyl (C=O) groups is 1. The Balaban J connectivity index is 1.69. The van der Waals surface area contributed by atoms with Gasteiger partial charge in [-0.15, -0.1) is 0 Å². The highest BCUT2D eigenvalue weighted by molar-refractivity contribution is 5.84. The average Bonchev–Trinajstić information content (AvgIpc) is 2.75. The molecule has 0 N–H and O–H groups in total. The third kappa shape index (κ3) is 3.71. The number of hydrogen-bond donors (Lipinski definition) is 0. The molecule has 1 aromatic heterocycles. The van der Waals surface area contributed by atoms with Crippen LogP contribution in [0.4, 0.5) is 0 Å². The number of rotatable bonds is 5. The van der Waals surface area contributed by atoms with Crippen molar-refractivity contribution in [2.45, 2.75) is 12.8 Å².